The van der Waals surface area contributed by atoms with Gasteiger partial charge in [0, 0.05) is 18.7 Å². The van der Waals surface area contributed by atoms with E-state index in [4.69, 9.17) is 29.0 Å². The van der Waals surface area contributed by atoms with Crippen molar-refractivity contribution >= 4 is 19.5 Å². The Kier molecular flexibility index (Phi) is 13.5. The molecule has 1 aromatic heterocycles. The van der Waals surface area contributed by atoms with Crippen molar-refractivity contribution in [1.29, 1.82) is 0 Å². The molecule has 2 aromatic carbocycles. The van der Waals surface area contributed by atoms with E-state index < -0.39 is 55.3 Å². The van der Waals surface area contributed by atoms with Gasteiger partial charge in [0.25, 0.3) is 0 Å². The Morgan fingerprint density at radius 2 is 1.70 bits per heavy atom. The van der Waals surface area contributed by atoms with Crippen molar-refractivity contribution in [2.75, 3.05) is 26.1 Å². The third kappa shape index (κ3) is 10.2. The van der Waals surface area contributed by atoms with Gasteiger partial charge in [-0.05, 0) is 50.5 Å². The van der Waals surface area contributed by atoms with E-state index in [0.717, 1.165) is 10.1 Å². The molecule has 0 aliphatic rings. The lowest BCUT2D eigenvalue weighted by molar-refractivity contribution is -0.149. The summed E-state index contributed by atoms with van der Waals surface area (Å²) in [7, 11) is -2.97. The average molecular weight is 663 g/mol. The quantitative estimate of drug-likeness (QED) is 0.135. The number of nitrogens with two attached hydrogens (primary N) is 1. The number of alkyl halides is 1. The molecule has 0 radical (unpaired) electrons. The van der Waals surface area contributed by atoms with Gasteiger partial charge in [-0.1, -0.05) is 62.4 Å². The summed E-state index contributed by atoms with van der Waals surface area (Å²) in [5.74, 6) is -1.17. The van der Waals surface area contributed by atoms with Crippen molar-refractivity contribution in [3.63, 3.8) is 0 Å². The summed E-state index contributed by atoms with van der Waals surface area (Å²) in [6.45, 7) is 7.91. The number of hydrogen-bond donors (Lipinski definition) is 2. The number of anilines is 1. The van der Waals surface area contributed by atoms with Gasteiger partial charge >= 0.3 is 19.4 Å². The number of methoxy groups -OCH3 is 1. The third-order valence-corrected chi connectivity index (χ3v) is 9.06. The molecule has 14 heteroatoms. The minimum atomic E-state index is -4.25. The largest absolute Gasteiger partial charge is 0.462 e. The number of halogens is 1. The monoisotopic (exact) mass is 662 g/mol. The average Bonchev–Trinajstić information content (AvgIpc) is 3.01. The molecule has 0 bridgehead atoms. The van der Waals surface area contributed by atoms with Gasteiger partial charge in [0.2, 0.25) is 0 Å². The molecule has 0 fully saturated rings. The summed E-state index contributed by atoms with van der Waals surface area (Å²) >= 11 is 0. The van der Waals surface area contributed by atoms with Crippen LogP contribution in [0.1, 0.15) is 46.4 Å². The van der Waals surface area contributed by atoms with Gasteiger partial charge in [-0.15, -0.1) is 0 Å². The van der Waals surface area contributed by atoms with E-state index in [1.807, 2.05) is 30.3 Å². The number of para-hydroxylation sites is 1. The molecule has 0 saturated heterocycles. The molecule has 0 aliphatic heterocycles. The number of nitrogen functional groups attached to an aromatic ring is 1. The Hall–Kier alpha value is -3.61. The molecule has 3 rings (SSSR count). The fourth-order valence-corrected chi connectivity index (χ4v) is 6.09. The van der Waals surface area contributed by atoms with Crippen molar-refractivity contribution in [2.45, 2.75) is 65.8 Å². The molecule has 0 spiro atoms. The standard InChI is InChI=1S/C32H44FN4O8P/c1-22(2)44-30(38)24(4)36-46(40,45-26-15-11-8-12-16-26)43-19-23(3)32(5,21-42-20-25-13-9-7-10-14-25)28(33)29(41-6)37-18-17-27(34)35-31(37)39/h7-18,22-24,28-29H,19-21H2,1-6H3,(H,36,40)(H2,34,35,39)/t23-,24+,28+,29?,32?,46?/m1/s1. The zero-order valence-electron chi connectivity index (χ0n) is 27.0. The zero-order valence-corrected chi connectivity index (χ0v) is 27.9. The van der Waals surface area contributed by atoms with Crippen LogP contribution in [0.2, 0.25) is 0 Å². The number of hydrogen-bond acceptors (Lipinski definition) is 10. The maximum atomic E-state index is 16.8. The molecule has 46 heavy (non-hydrogen) atoms. The fourth-order valence-electron chi connectivity index (χ4n) is 4.51. The number of ether oxygens (including phenoxy) is 3. The first-order valence-corrected chi connectivity index (χ1v) is 16.4. The summed E-state index contributed by atoms with van der Waals surface area (Å²) < 4.78 is 60.3. The smallest absolute Gasteiger partial charge is 0.459 e. The van der Waals surface area contributed by atoms with Crippen LogP contribution in [0, 0.1) is 11.3 Å². The highest BCUT2D eigenvalue weighted by Gasteiger charge is 2.47. The summed E-state index contributed by atoms with van der Waals surface area (Å²) in [4.78, 5) is 28.9. The number of esters is 1. The van der Waals surface area contributed by atoms with Crippen LogP contribution in [0.25, 0.3) is 0 Å². The summed E-state index contributed by atoms with van der Waals surface area (Å²) in [6.07, 6.45) is -2.37. The molecule has 12 nitrogen and oxygen atoms in total. The molecule has 3 N–H and O–H groups in total. The Morgan fingerprint density at radius 3 is 2.28 bits per heavy atom. The Bertz CT molecular complexity index is 1500. The van der Waals surface area contributed by atoms with E-state index >= 15 is 4.39 Å². The number of benzene rings is 2. The van der Waals surface area contributed by atoms with E-state index in [0.29, 0.717) is 0 Å². The number of carbonyl (C=O) groups excluding carboxylic acids is 1. The maximum absolute atomic E-state index is 16.8. The van der Waals surface area contributed by atoms with E-state index in [9.17, 15) is 14.2 Å². The highest BCUT2D eigenvalue weighted by molar-refractivity contribution is 7.52. The van der Waals surface area contributed by atoms with Crippen molar-refractivity contribution in [1.82, 2.24) is 14.6 Å². The van der Waals surface area contributed by atoms with Crippen LogP contribution in [0.3, 0.4) is 0 Å². The van der Waals surface area contributed by atoms with Gasteiger partial charge in [0.05, 0.1) is 25.9 Å². The summed E-state index contributed by atoms with van der Waals surface area (Å²) in [6, 6.07) is 18.0. The molecular weight excluding hydrogens is 618 g/mol. The van der Waals surface area contributed by atoms with Crippen LogP contribution in [-0.4, -0.2) is 54.2 Å². The second-order valence-corrected chi connectivity index (χ2v) is 13.2. The highest BCUT2D eigenvalue weighted by atomic mass is 31.2. The van der Waals surface area contributed by atoms with Gasteiger partial charge < -0.3 is 24.5 Å². The molecular formula is C32H44FN4O8P. The van der Waals surface area contributed by atoms with E-state index in [-0.39, 0.29) is 31.4 Å². The minimum absolute atomic E-state index is 0.0181. The molecule has 3 aromatic rings. The number of carbonyl (C=O) groups is 1. The second-order valence-electron chi connectivity index (χ2n) is 11.5. The van der Waals surface area contributed by atoms with Crippen LogP contribution in [-0.2, 0) is 34.7 Å². The van der Waals surface area contributed by atoms with Crippen LogP contribution >= 0.6 is 7.75 Å². The predicted octanol–water partition coefficient (Wildman–Crippen LogP) is 5.30. The van der Waals surface area contributed by atoms with Crippen molar-refractivity contribution in [3.05, 3.63) is 89.0 Å². The third-order valence-electron chi connectivity index (χ3n) is 7.42. The molecule has 1 heterocycles. The van der Waals surface area contributed by atoms with Crippen LogP contribution in [0.15, 0.2) is 77.7 Å². The number of aromatic nitrogens is 2. The first-order valence-electron chi connectivity index (χ1n) is 14.9. The first kappa shape index (κ1) is 36.9. The summed E-state index contributed by atoms with van der Waals surface area (Å²) in [5, 5.41) is 2.64. The predicted molar refractivity (Wildman–Crippen MR) is 172 cm³/mol. The van der Waals surface area contributed by atoms with Crippen LogP contribution < -0.4 is 21.0 Å². The number of rotatable bonds is 18. The minimum Gasteiger partial charge on any atom is -0.462 e. The fraction of sp³-hybridized carbons (Fsp3) is 0.469. The molecule has 0 saturated carbocycles. The maximum Gasteiger partial charge on any atom is 0.459 e. The zero-order chi connectivity index (χ0) is 33.9. The Balaban J connectivity index is 1.90. The van der Waals surface area contributed by atoms with Gasteiger partial charge in [-0.2, -0.15) is 10.1 Å². The van der Waals surface area contributed by atoms with Gasteiger partial charge in [-0.25, -0.2) is 13.8 Å². The van der Waals surface area contributed by atoms with E-state index in [1.54, 1.807) is 58.0 Å². The van der Waals surface area contributed by atoms with Crippen LogP contribution in [0.5, 0.6) is 5.75 Å². The highest BCUT2D eigenvalue weighted by Crippen LogP contribution is 2.47. The van der Waals surface area contributed by atoms with Gasteiger partial charge in [0.15, 0.2) is 12.4 Å². The molecule has 6 atom stereocenters. The van der Waals surface area contributed by atoms with Gasteiger partial charge in [-0.3, -0.25) is 13.9 Å². The lowest BCUT2D eigenvalue weighted by Gasteiger charge is -2.41. The van der Waals surface area contributed by atoms with Crippen LogP contribution in [0.4, 0.5) is 10.2 Å². The van der Waals surface area contributed by atoms with Gasteiger partial charge in [0.1, 0.15) is 17.6 Å². The lowest BCUT2D eigenvalue weighted by Crippen LogP contribution is -2.48. The van der Waals surface area contributed by atoms with Crippen molar-refractivity contribution < 1.29 is 37.0 Å². The normalized spacial score (nSPS) is 16.9. The summed E-state index contributed by atoms with van der Waals surface area (Å²) in [5.41, 5.74) is 4.33. The topological polar surface area (TPSA) is 153 Å². The first-order chi connectivity index (χ1) is 21.8. The molecule has 252 valence electrons. The second kappa shape index (κ2) is 16.8. The Morgan fingerprint density at radius 1 is 1.07 bits per heavy atom. The molecule has 0 amide bonds. The molecule has 3 unspecified atom stereocenters. The van der Waals surface area contributed by atoms with E-state index in [1.165, 1.54) is 26.3 Å². The molecule has 0 aliphatic carbocycles. The number of nitrogens with zero attached hydrogens (tertiary/aromatic N) is 2. The van der Waals surface area contributed by atoms with E-state index in [2.05, 4.69) is 10.1 Å². The number of nitrogens with one attached hydrogen (secondary N) is 1. The van der Waals surface area contributed by atoms with Crippen molar-refractivity contribution in [3.8, 4) is 5.75 Å². The SMILES string of the molecule is COC([C@H](F)C(C)(COCc1ccccc1)[C@H](C)COP(=O)(N[C@@H](C)C(=O)OC(C)C)Oc1ccccc1)n1ccc(N)nc1=O. The lowest BCUT2D eigenvalue weighted by atomic mass is 9.74. The Labute approximate surface area is 268 Å². The van der Waals surface area contributed by atoms with Crippen molar-refractivity contribution in [2.24, 2.45) is 11.3 Å².